The van der Waals surface area contributed by atoms with Gasteiger partial charge in [0, 0.05) is 18.2 Å². The summed E-state index contributed by atoms with van der Waals surface area (Å²) >= 11 is 0.859. The molecule has 2 atom stereocenters. The maximum atomic E-state index is 13.6. The van der Waals surface area contributed by atoms with Crippen LogP contribution in [0, 0.1) is 17.1 Å². The van der Waals surface area contributed by atoms with Gasteiger partial charge in [-0.25, -0.2) is 4.39 Å². The molecule has 0 radical (unpaired) electrons. The van der Waals surface area contributed by atoms with Gasteiger partial charge in [0.05, 0.1) is 18.6 Å². The van der Waals surface area contributed by atoms with Crippen molar-refractivity contribution in [2.45, 2.75) is 25.6 Å². The van der Waals surface area contributed by atoms with E-state index >= 15 is 0 Å². The van der Waals surface area contributed by atoms with E-state index in [2.05, 4.69) is 0 Å². The molecule has 4 nitrogen and oxygen atoms in total. The molecule has 2 unspecified atom stereocenters. The average molecular weight is 283 g/mol. The van der Waals surface area contributed by atoms with Crippen LogP contribution in [0.4, 0.5) is 4.39 Å². The summed E-state index contributed by atoms with van der Waals surface area (Å²) in [6, 6.07) is 5.87. The number of aliphatic hydroxyl groups is 2. The van der Waals surface area contributed by atoms with Crippen molar-refractivity contribution in [3.05, 3.63) is 35.1 Å². The lowest BCUT2D eigenvalue weighted by Gasteiger charge is -2.18. The summed E-state index contributed by atoms with van der Waals surface area (Å²) in [5, 5.41) is 28.0. The molecular formula is C13H14FNO3S. The van der Waals surface area contributed by atoms with Crippen molar-refractivity contribution < 1.29 is 19.4 Å². The zero-order chi connectivity index (χ0) is 14.4. The second-order valence-electron chi connectivity index (χ2n) is 4.01. The van der Waals surface area contributed by atoms with Crippen LogP contribution < -0.4 is 0 Å². The van der Waals surface area contributed by atoms with Crippen LogP contribution in [-0.2, 0) is 11.2 Å². The van der Waals surface area contributed by atoms with Gasteiger partial charge in [0.15, 0.2) is 5.12 Å². The first kappa shape index (κ1) is 15.6. The Morgan fingerprint density at radius 2 is 2.21 bits per heavy atom. The zero-order valence-corrected chi connectivity index (χ0v) is 11.2. The molecule has 0 aromatic heterocycles. The minimum Gasteiger partial charge on any atom is -0.389 e. The molecule has 102 valence electrons. The van der Waals surface area contributed by atoms with E-state index in [0.717, 1.165) is 17.8 Å². The molecule has 1 aromatic carbocycles. The zero-order valence-electron chi connectivity index (χ0n) is 10.3. The maximum Gasteiger partial charge on any atom is 0.185 e. The molecule has 1 rings (SSSR count). The van der Waals surface area contributed by atoms with Crippen molar-refractivity contribution in [3.63, 3.8) is 0 Å². The largest absolute Gasteiger partial charge is 0.389 e. The molecule has 1 aromatic rings. The number of carbonyl (C=O) groups excluding carboxylic acids is 1. The van der Waals surface area contributed by atoms with Crippen LogP contribution in [0.5, 0.6) is 0 Å². The van der Waals surface area contributed by atoms with Crippen molar-refractivity contribution >= 4 is 16.9 Å². The Kier molecular flexibility index (Phi) is 5.96. The van der Waals surface area contributed by atoms with E-state index in [1.165, 1.54) is 19.1 Å². The number of thioether (sulfide) groups is 1. The van der Waals surface area contributed by atoms with Gasteiger partial charge < -0.3 is 10.2 Å². The SMILES string of the molecule is CC(=O)SCC(O)C(O)c1cc(CC#N)ccc1F. The normalized spacial score (nSPS) is 13.6. The molecule has 0 heterocycles. The highest BCUT2D eigenvalue weighted by atomic mass is 32.2. The minimum absolute atomic E-state index is 0.0155. The number of rotatable bonds is 5. The van der Waals surface area contributed by atoms with Crippen molar-refractivity contribution in [1.29, 1.82) is 5.26 Å². The summed E-state index contributed by atoms with van der Waals surface area (Å²) in [7, 11) is 0. The van der Waals surface area contributed by atoms with Gasteiger partial charge in [-0.05, 0) is 17.7 Å². The van der Waals surface area contributed by atoms with Crippen LogP contribution in [0.1, 0.15) is 24.2 Å². The van der Waals surface area contributed by atoms with E-state index < -0.39 is 18.0 Å². The fraction of sp³-hybridized carbons (Fsp3) is 0.385. The summed E-state index contributed by atoms with van der Waals surface area (Å²) in [5.74, 6) is -0.667. The molecule has 0 saturated heterocycles. The fourth-order valence-electron chi connectivity index (χ4n) is 1.52. The monoisotopic (exact) mass is 283 g/mol. The van der Waals surface area contributed by atoms with Crippen LogP contribution in [0.15, 0.2) is 18.2 Å². The molecule has 0 aliphatic rings. The number of carbonyl (C=O) groups is 1. The van der Waals surface area contributed by atoms with Gasteiger partial charge in [-0.2, -0.15) is 5.26 Å². The number of hydrogen-bond donors (Lipinski definition) is 2. The van der Waals surface area contributed by atoms with E-state index in [1.54, 1.807) is 0 Å². The molecule has 0 bridgehead atoms. The Labute approximate surface area is 114 Å². The Hall–Kier alpha value is -1.42. The summed E-state index contributed by atoms with van der Waals surface area (Å²) < 4.78 is 13.6. The molecular weight excluding hydrogens is 269 g/mol. The Balaban J connectivity index is 2.85. The lowest BCUT2D eigenvalue weighted by molar-refractivity contribution is -0.109. The van der Waals surface area contributed by atoms with Crippen LogP contribution >= 0.6 is 11.8 Å². The van der Waals surface area contributed by atoms with E-state index in [1.807, 2.05) is 6.07 Å². The molecule has 0 saturated carbocycles. The average Bonchev–Trinajstić information content (AvgIpc) is 2.37. The molecule has 0 fully saturated rings. The molecule has 0 amide bonds. The van der Waals surface area contributed by atoms with Crippen LogP contribution in [0.2, 0.25) is 0 Å². The molecule has 19 heavy (non-hydrogen) atoms. The Bertz CT molecular complexity index is 501. The summed E-state index contributed by atoms with van der Waals surface area (Å²) in [5.41, 5.74) is 0.494. The van der Waals surface area contributed by atoms with Gasteiger partial charge in [-0.3, -0.25) is 4.79 Å². The van der Waals surface area contributed by atoms with Gasteiger partial charge >= 0.3 is 0 Å². The third-order valence-electron chi connectivity index (χ3n) is 2.48. The van der Waals surface area contributed by atoms with E-state index in [4.69, 9.17) is 5.26 Å². The van der Waals surface area contributed by atoms with Gasteiger partial charge in [-0.1, -0.05) is 17.8 Å². The second-order valence-corrected chi connectivity index (χ2v) is 5.20. The van der Waals surface area contributed by atoms with Crippen molar-refractivity contribution in [3.8, 4) is 6.07 Å². The number of halogens is 1. The van der Waals surface area contributed by atoms with Gasteiger partial charge in [0.25, 0.3) is 0 Å². The van der Waals surface area contributed by atoms with Crippen molar-refractivity contribution in [2.24, 2.45) is 0 Å². The number of hydrogen-bond acceptors (Lipinski definition) is 5. The predicted molar refractivity (Wildman–Crippen MR) is 69.8 cm³/mol. The molecule has 0 aliphatic heterocycles. The minimum atomic E-state index is -1.43. The Morgan fingerprint density at radius 3 is 2.79 bits per heavy atom. The first-order valence-corrected chi connectivity index (χ1v) is 6.59. The van der Waals surface area contributed by atoms with E-state index in [0.29, 0.717) is 5.56 Å². The number of nitriles is 1. The van der Waals surface area contributed by atoms with Crippen LogP contribution in [-0.4, -0.2) is 27.2 Å². The van der Waals surface area contributed by atoms with E-state index in [9.17, 15) is 19.4 Å². The highest BCUT2D eigenvalue weighted by Crippen LogP contribution is 2.24. The van der Waals surface area contributed by atoms with Crippen LogP contribution in [0.25, 0.3) is 0 Å². The van der Waals surface area contributed by atoms with Crippen molar-refractivity contribution in [1.82, 2.24) is 0 Å². The summed E-state index contributed by atoms with van der Waals surface area (Å²) in [4.78, 5) is 10.8. The fourth-order valence-corrected chi connectivity index (χ4v) is 2.11. The summed E-state index contributed by atoms with van der Waals surface area (Å²) in [6.07, 6.45) is -2.58. The quantitative estimate of drug-likeness (QED) is 0.857. The standard InChI is InChI=1S/C13H14FNO3S/c1-8(16)19-7-12(17)13(18)10-6-9(4-5-15)2-3-11(10)14/h2-3,6,12-13,17-18H,4,7H2,1H3. The van der Waals surface area contributed by atoms with E-state index in [-0.39, 0.29) is 22.9 Å². The molecule has 2 N–H and O–H groups in total. The third kappa shape index (κ3) is 4.63. The van der Waals surface area contributed by atoms with Gasteiger partial charge in [0.1, 0.15) is 11.9 Å². The summed E-state index contributed by atoms with van der Waals surface area (Å²) in [6.45, 7) is 1.35. The van der Waals surface area contributed by atoms with Gasteiger partial charge in [-0.15, -0.1) is 0 Å². The first-order valence-electron chi connectivity index (χ1n) is 5.60. The smallest absolute Gasteiger partial charge is 0.185 e. The predicted octanol–water partition coefficient (Wildman–Crippen LogP) is 1.57. The van der Waals surface area contributed by atoms with Crippen molar-refractivity contribution in [2.75, 3.05) is 5.75 Å². The van der Waals surface area contributed by atoms with Crippen LogP contribution in [0.3, 0.4) is 0 Å². The van der Waals surface area contributed by atoms with Gasteiger partial charge in [0.2, 0.25) is 0 Å². The number of nitrogens with zero attached hydrogens (tertiary/aromatic N) is 1. The highest BCUT2D eigenvalue weighted by molar-refractivity contribution is 8.13. The number of benzene rings is 1. The lowest BCUT2D eigenvalue weighted by Crippen LogP contribution is -2.22. The second kappa shape index (κ2) is 7.24. The first-order chi connectivity index (χ1) is 8.95. The topological polar surface area (TPSA) is 81.3 Å². The molecule has 0 spiro atoms. The Morgan fingerprint density at radius 1 is 1.53 bits per heavy atom. The third-order valence-corrected chi connectivity index (χ3v) is 3.40. The highest BCUT2D eigenvalue weighted by Gasteiger charge is 2.22. The molecule has 6 heteroatoms. The molecule has 0 aliphatic carbocycles. The lowest BCUT2D eigenvalue weighted by atomic mass is 10.0. The maximum absolute atomic E-state index is 13.6. The number of aliphatic hydroxyl groups excluding tert-OH is 2.